The average molecular weight is 354 g/mol. The SMILES string of the molecule is CC1(C)O[C@@H]2C3C[C@@](O)(C[C@H]2O1)[C@H](CCI)O3. The predicted molar refractivity (Wildman–Crippen MR) is 70.2 cm³/mol. The van der Waals surface area contributed by atoms with Crippen LogP contribution in [0.25, 0.3) is 0 Å². The van der Waals surface area contributed by atoms with Gasteiger partial charge in [-0.15, -0.1) is 0 Å². The van der Waals surface area contributed by atoms with E-state index in [4.69, 9.17) is 14.2 Å². The highest BCUT2D eigenvalue weighted by atomic mass is 127. The lowest BCUT2D eigenvalue weighted by atomic mass is 9.79. The Kier molecular flexibility index (Phi) is 2.99. The first-order valence-corrected chi connectivity index (χ1v) is 7.75. The fraction of sp³-hybridized carbons (Fsp3) is 1.00. The van der Waals surface area contributed by atoms with Gasteiger partial charge >= 0.3 is 0 Å². The fourth-order valence-corrected chi connectivity index (χ4v) is 3.96. The number of hydrogen-bond donors (Lipinski definition) is 1. The summed E-state index contributed by atoms with van der Waals surface area (Å²) in [6.45, 7) is 3.84. The van der Waals surface area contributed by atoms with Gasteiger partial charge in [-0.25, -0.2) is 0 Å². The molecule has 1 aliphatic carbocycles. The summed E-state index contributed by atoms with van der Waals surface area (Å²) in [7, 11) is 0. The van der Waals surface area contributed by atoms with Crippen molar-refractivity contribution in [2.45, 2.75) is 68.9 Å². The topological polar surface area (TPSA) is 47.9 Å². The van der Waals surface area contributed by atoms with Crippen LogP contribution >= 0.6 is 22.6 Å². The van der Waals surface area contributed by atoms with Crippen molar-refractivity contribution in [1.82, 2.24) is 0 Å². The maximum absolute atomic E-state index is 10.7. The van der Waals surface area contributed by atoms with Gasteiger partial charge < -0.3 is 19.3 Å². The normalized spacial score (nSPS) is 51.5. The third-order valence-electron chi connectivity index (χ3n) is 4.01. The van der Waals surface area contributed by atoms with Gasteiger partial charge in [0.1, 0.15) is 6.10 Å². The molecule has 0 radical (unpaired) electrons. The summed E-state index contributed by atoms with van der Waals surface area (Å²) in [5, 5.41) is 10.7. The largest absolute Gasteiger partial charge is 0.387 e. The monoisotopic (exact) mass is 354 g/mol. The number of alkyl halides is 1. The Bertz CT molecular complexity index is 322. The zero-order chi connectivity index (χ0) is 12.3. The van der Waals surface area contributed by atoms with E-state index in [2.05, 4.69) is 22.6 Å². The van der Waals surface area contributed by atoms with Crippen LogP contribution in [0.15, 0.2) is 0 Å². The second-order valence-corrected chi connectivity index (χ2v) is 6.87. The Morgan fingerprint density at radius 1 is 1.24 bits per heavy atom. The molecule has 1 unspecified atom stereocenters. The minimum atomic E-state index is -0.708. The summed E-state index contributed by atoms with van der Waals surface area (Å²) < 4.78 is 18.7. The highest BCUT2D eigenvalue weighted by Crippen LogP contribution is 2.49. The van der Waals surface area contributed by atoms with E-state index in [1.807, 2.05) is 13.8 Å². The molecule has 2 heterocycles. The third-order valence-corrected chi connectivity index (χ3v) is 4.63. The maximum Gasteiger partial charge on any atom is 0.163 e. The summed E-state index contributed by atoms with van der Waals surface area (Å²) in [6.07, 6.45) is 2.14. The molecule has 3 fully saturated rings. The van der Waals surface area contributed by atoms with Gasteiger partial charge in [-0.1, -0.05) is 22.6 Å². The molecule has 0 spiro atoms. The van der Waals surface area contributed by atoms with Gasteiger partial charge in [0.2, 0.25) is 0 Å². The molecule has 0 aromatic heterocycles. The molecule has 1 saturated carbocycles. The number of ether oxygens (including phenoxy) is 3. The number of aliphatic hydroxyl groups is 1. The molecular formula is C12H19IO4. The number of fused-ring (bicyclic) bond motifs is 4. The van der Waals surface area contributed by atoms with Crippen LogP contribution in [-0.4, -0.2) is 45.3 Å². The van der Waals surface area contributed by atoms with E-state index in [-0.39, 0.29) is 24.4 Å². The average Bonchev–Trinajstić information content (AvgIpc) is 2.64. The molecule has 5 heteroatoms. The lowest BCUT2D eigenvalue weighted by molar-refractivity contribution is -0.164. The molecule has 98 valence electrons. The third kappa shape index (κ3) is 2.04. The second kappa shape index (κ2) is 4.03. The van der Waals surface area contributed by atoms with E-state index in [1.54, 1.807) is 0 Å². The van der Waals surface area contributed by atoms with Gasteiger partial charge in [0.25, 0.3) is 0 Å². The summed E-state index contributed by atoms with van der Waals surface area (Å²) in [6, 6.07) is 0. The second-order valence-electron chi connectivity index (χ2n) is 5.79. The van der Waals surface area contributed by atoms with E-state index < -0.39 is 11.4 Å². The molecule has 0 aromatic carbocycles. The van der Waals surface area contributed by atoms with Crippen molar-refractivity contribution >= 4 is 22.6 Å². The van der Waals surface area contributed by atoms with Crippen LogP contribution in [0, 0.1) is 0 Å². The van der Waals surface area contributed by atoms with Gasteiger partial charge in [0, 0.05) is 17.3 Å². The standard InChI is InChI=1S/C12H19IO4/c1-11(2)16-8-6-12(14)5-7(10(8)17-11)15-9(12)3-4-13/h7-10,14H,3-6H2,1-2H3/t7?,8-,9+,10-,12-/m1/s1. The van der Waals surface area contributed by atoms with Crippen LogP contribution in [0.3, 0.4) is 0 Å². The maximum atomic E-state index is 10.7. The molecule has 4 nitrogen and oxygen atoms in total. The van der Waals surface area contributed by atoms with Gasteiger partial charge in [0.15, 0.2) is 5.79 Å². The number of halogens is 1. The highest BCUT2D eigenvalue weighted by molar-refractivity contribution is 14.1. The summed E-state index contributed by atoms with van der Waals surface area (Å²) in [4.78, 5) is 0. The van der Waals surface area contributed by atoms with Crippen molar-refractivity contribution < 1.29 is 19.3 Å². The van der Waals surface area contributed by atoms with Gasteiger partial charge in [-0.05, 0) is 20.3 Å². The zero-order valence-electron chi connectivity index (χ0n) is 10.2. The summed E-state index contributed by atoms with van der Waals surface area (Å²) in [5.41, 5.74) is -0.708. The lowest BCUT2D eigenvalue weighted by Gasteiger charge is -2.34. The molecule has 17 heavy (non-hydrogen) atoms. The quantitative estimate of drug-likeness (QED) is 0.605. The fourth-order valence-electron chi connectivity index (χ4n) is 3.39. The molecule has 0 amide bonds. The minimum absolute atomic E-state index is 0.00604. The first kappa shape index (κ1) is 12.6. The van der Waals surface area contributed by atoms with E-state index in [1.165, 1.54) is 0 Å². The van der Waals surface area contributed by atoms with Crippen molar-refractivity contribution in [2.24, 2.45) is 0 Å². The van der Waals surface area contributed by atoms with Crippen LogP contribution in [-0.2, 0) is 14.2 Å². The molecule has 2 bridgehead atoms. The van der Waals surface area contributed by atoms with Gasteiger partial charge in [0.05, 0.1) is 23.9 Å². The predicted octanol–water partition coefficient (Wildman–Crippen LogP) is 1.62. The van der Waals surface area contributed by atoms with Crippen molar-refractivity contribution in [3.63, 3.8) is 0 Å². The number of rotatable bonds is 2. The Hall–Kier alpha value is 0.570. The molecule has 2 saturated heterocycles. The molecular weight excluding hydrogens is 335 g/mol. The first-order valence-electron chi connectivity index (χ1n) is 6.23. The Morgan fingerprint density at radius 2 is 1.94 bits per heavy atom. The van der Waals surface area contributed by atoms with E-state index in [9.17, 15) is 5.11 Å². The van der Waals surface area contributed by atoms with E-state index >= 15 is 0 Å². The zero-order valence-corrected chi connectivity index (χ0v) is 12.3. The van der Waals surface area contributed by atoms with Crippen molar-refractivity contribution in [3.8, 4) is 0 Å². The summed E-state index contributed by atoms with van der Waals surface area (Å²) in [5.74, 6) is -0.543. The van der Waals surface area contributed by atoms with Crippen LogP contribution in [0.4, 0.5) is 0 Å². The number of hydrogen-bond acceptors (Lipinski definition) is 4. The molecule has 1 N–H and O–H groups in total. The molecule has 0 aromatic rings. The van der Waals surface area contributed by atoms with Gasteiger partial charge in [-0.3, -0.25) is 0 Å². The van der Waals surface area contributed by atoms with E-state index in [0.29, 0.717) is 12.8 Å². The molecule has 2 aliphatic heterocycles. The molecule has 5 atom stereocenters. The van der Waals surface area contributed by atoms with Crippen LogP contribution in [0.2, 0.25) is 0 Å². The lowest BCUT2D eigenvalue weighted by Crippen LogP contribution is -2.48. The van der Waals surface area contributed by atoms with E-state index in [0.717, 1.165) is 10.8 Å². The van der Waals surface area contributed by atoms with Crippen molar-refractivity contribution in [1.29, 1.82) is 0 Å². The van der Waals surface area contributed by atoms with Crippen LogP contribution < -0.4 is 0 Å². The Morgan fingerprint density at radius 3 is 2.65 bits per heavy atom. The van der Waals surface area contributed by atoms with Crippen LogP contribution in [0.1, 0.15) is 33.1 Å². The Balaban J connectivity index is 1.80. The molecule has 3 rings (SSSR count). The first-order chi connectivity index (χ1) is 7.93. The van der Waals surface area contributed by atoms with Gasteiger partial charge in [-0.2, -0.15) is 0 Å². The van der Waals surface area contributed by atoms with Crippen molar-refractivity contribution in [2.75, 3.05) is 4.43 Å². The summed E-state index contributed by atoms with van der Waals surface area (Å²) >= 11 is 2.32. The minimum Gasteiger partial charge on any atom is -0.387 e. The Labute approximate surface area is 115 Å². The smallest absolute Gasteiger partial charge is 0.163 e. The highest BCUT2D eigenvalue weighted by Gasteiger charge is 2.61. The van der Waals surface area contributed by atoms with Crippen LogP contribution in [0.5, 0.6) is 0 Å². The van der Waals surface area contributed by atoms with Crippen molar-refractivity contribution in [3.05, 3.63) is 0 Å². The molecule has 3 aliphatic rings.